The minimum absolute atomic E-state index is 0.221. The fourth-order valence-electron chi connectivity index (χ4n) is 3.71. The SMILES string of the molecule is CCCOCCn1c(=O)c(NCCCNc2cccc(F)n2)nc2ncc(-c3ccc(OC)nc3)cc21. The van der Waals surface area contributed by atoms with Gasteiger partial charge in [-0.1, -0.05) is 13.0 Å². The molecule has 0 atom stereocenters. The van der Waals surface area contributed by atoms with Crippen LogP contribution in [0.2, 0.25) is 0 Å². The summed E-state index contributed by atoms with van der Waals surface area (Å²) in [6, 6.07) is 10.1. The number of ether oxygens (including phenoxy) is 2. The van der Waals surface area contributed by atoms with Gasteiger partial charge in [0, 0.05) is 55.8 Å². The van der Waals surface area contributed by atoms with Crippen molar-refractivity contribution in [3.05, 3.63) is 65.1 Å². The smallest absolute Gasteiger partial charge is 0.293 e. The van der Waals surface area contributed by atoms with Gasteiger partial charge in [-0.25, -0.2) is 19.9 Å². The summed E-state index contributed by atoms with van der Waals surface area (Å²) in [6.07, 6.45) is 4.97. The van der Waals surface area contributed by atoms with E-state index in [1.54, 1.807) is 42.3 Å². The van der Waals surface area contributed by atoms with Gasteiger partial charge in [-0.05, 0) is 37.1 Å². The van der Waals surface area contributed by atoms with Crippen molar-refractivity contribution in [1.29, 1.82) is 0 Å². The van der Waals surface area contributed by atoms with Crippen molar-refractivity contribution in [3.63, 3.8) is 0 Å². The number of nitrogens with one attached hydrogen (secondary N) is 2. The topological polar surface area (TPSA) is 116 Å². The summed E-state index contributed by atoms with van der Waals surface area (Å²) in [6.45, 7) is 4.45. The average molecular weight is 508 g/mol. The number of rotatable bonds is 13. The molecule has 0 bridgehead atoms. The lowest BCUT2D eigenvalue weighted by Gasteiger charge is -2.14. The number of fused-ring (bicyclic) bond motifs is 1. The number of pyridine rings is 3. The first-order valence-electron chi connectivity index (χ1n) is 12.2. The van der Waals surface area contributed by atoms with Gasteiger partial charge in [0.15, 0.2) is 11.5 Å². The zero-order chi connectivity index (χ0) is 26.0. The Morgan fingerprint density at radius 3 is 2.59 bits per heavy atom. The summed E-state index contributed by atoms with van der Waals surface area (Å²) in [5, 5.41) is 6.18. The number of nitrogens with zero attached hydrogens (tertiary/aromatic N) is 5. The lowest BCUT2D eigenvalue weighted by Crippen LogP contribution is -2.28. The second-order valence-electron chi connectivity index (χ2n) is 8.24. The predicted molar refractivity (Wildman–Crippen MR) is 140 cm³/mol. The van der Waals surface area contributed by atoms with E-state index in [4.69, 9.17) is 9.47 Å². The number of hydrogen-bond donors (Lipinski definition) is 2. The summed E-state index contributed by atoms with van der Waals surface area (Å²) < 4.78 is 25.7. The van der Waals surface area contributed by atoms with Gasteiger partial charge in [0.25, 0.3) is 5.56 Å². The van der Waals surface area contributed by atoms with Crippen LogP contribution in [0.5, 0.6) is 5.88 Å². The maximum absolute atomic E-state index is 13.4. The summed E-state index contributed by atoms with van der Waals surface area (Å²) in [5.41, 5.74) is 2.47. The minimum atomic E-state index is -0.536. The van der Waals surface area contributed by atoms with Gasteiger partial charge in [-0.15, -0.1) is 0 Å². The van der Waals surface area contributed by atoms with Gasteiger partial charge in [0.1, 0.15) is 5.82 Å². The number of halogens is 1. The van der Waals surface area contributed by atoms with Crippen LogP contribution in [0.3, 0.4) is 0 Å². The molecule has 0 aromatic carbocycles. The van der Waals surface area contributed by atoms with Gasteiger partial charge in [0.05, 0.1) is 19.2 Å². The Balaban J connectivity index is 1.53. The molecular weight excluding hydrogens is 477 g/mol. The van der Waals surface area contributed by atoms with Crippen LogP contribution < -0.4 is 20.9 Å². The highest BCUT2D eigenvalue weighted by Gasteiger charge is 2.13. The highest BCUT2D eigenvalue weighted by Crippen LogP contribution is 2.23. The van der Waals surface area contributed by atoms with E-state index in [1.165, 1.54) is 6.07 Å². The van der Waals surface area contributed by atoms with Gasteiger partial charge in [-0.2, -0.15) is 4.39 Å². The standard InChI is InChI=1S/C26H30FN7O3/c1-3-13-37-14-12-34-20-15-19(18-8-9-23(36-2)30-16-18)17-31-24(20)33-25(26(34)35)29-11-5-10-28-22-7-4-6-21(27)32-22/h4,6-9,15-17H,3,5,10-14H2,1-2H3,(H,28,32)(H,29,31,33). The van der Waals surface area contributed by atoms with Crippen LogP contribution >= 0.6 is 0 Å². The van der Waals surface area contributed by atoms with Crippen molar-refractivity contribution in [2.24, 2.45) is 0 Å². The Morgan fingerprint density at radius 2 is 1.84 bits per heavy atom. The van der Waals surface area contributed by atoms with Crippen LogP contribution in [0.25, 0.3) is 22.3 Å². The molecule has 0 saturated heterocycles. The van der Waals surface area contributed by atoms with Gasteiger partial charge in [-0.3, -0.25) is 9.36 Å². The van der Waals surface area contributed by atoms with Gasteiger partial charge >= 0.3 is 0 Å². The van der Waals surface area contributed by atoms with Crippen LogP contribution in [0.15, 0.2) is 53.6 Å². The minimum Gasteiger partial charge on any atom is -0.481 e. The third-order valence-corrected chi connectivity index (χ3v) is 5.56. The maximum Gasteiger partial charge on any atom is 0.293 e. The molecule has 4 aromatic rings. The summed E-state index contributed by atoms with van der Waals surface area (Å²) >= 11 is 0. The Hall–Kier alpha value is -4.12. The fourth-order valence-corrected chi connectivity index (χ4v) is 3.71. The first kappa shape index (κ1) is 26.0. The maximum atomic E-state index is 13.4. The molecule has 0 aliphatic heterocycles. The van der Waals surface area contributed by atoms with Gasteiger partial charge in [0.2, 0.25) is 11.8 Å². The Bertz CT molecular complexity index is 1380. The van der Waals surface area contributed by atoms with Crippen LogP contribution in [0, 0.1) is 5.95 Å². The molecule has 0 radical (unpaired) electrons. The third kappa shape index (κ3) is 6.76. The number of hydrogen-bond acceptors (Lipinski definition) is 9. The van der Waals surface area contributed by atoms with E-state index in [2.05, 4.69) is 30.6 Å². The Morgan fingerprint density at radius 1 is 1.00 bits per heavy atom. The molecule has 194 valence electrons. The zero-order valence-electron chi connectivity index (χ0n) is 20.9. The molecule has 11 heteroatoms. The first-order valence-corrected chi connectivity index (χ1v) is 12.2. The molecular formula is C26H30FN7O3. The summed E-state index contributed by atoms with van der Waals surface area (Å²) in [7, 11) is 1.56. The second-order valence-corrected chi connectivity index (χ2v) is 8.24. The molecule has 0 spiro atoms. The lowest BCUT2D eigenvalue weighted by molar-refractivity contribution is 0.127. The molecule has 0 unspecified atom stereocenters. The van der Waals surface area contributed by atoms with E-state index in [-0.39, 0.29) is 11.4 Å². The molecule has 0 saturated carbocycles. The summed E-state index contributed by atoms with van der Waals surface area (Å²) in [5.74, 6) is 0.664. The fraction of sp³-hybridized carbons (Fsp3) is 0.346. The highest BCUT2D eigenvalue weighted by atomic mass is 19.1. The highest BCUT2D eigenvalue weighted by molar-refractivity contribution is 5.78. The van der Waals surface area contributed by atoms with E-state index in [0.29, 0.717) is 62.1 Å². The van der Waals surface area contributed by atoms with E-state index < -0.39 is 5.95 Å². The number of aromatic nitrogens is 5. The normalized spacial score (nSPS) is 11.0. The lowest BCUT2D eigenvalue weighted by atomic mass is 10.1. The molecule has 10 nitrogen and oxygen atoms in total. The largest absolute Gasteiger partial charge is 0.481 e. The van der Waals surface area contributed by atoms with Crippen molar-refractivity contribution in [2.75, 3.05) is 44.0 Å². The van der Waals surface area contributed by atoms with Gasteiger partial charge < -0.3 is 20.1 Å². The summed E-state index contributed by atoms with van der Waals surface area (Å²) in [4.78, 5) is 30.4. The molecule has 4 rings (SSSR count). The Labute approximate surface area is 213 Å². The zero-order valence-corrected chi connectivity index (χ0v) is 20.9. The molecule has 0 amide bonds. The molecule has 0 fully saturated rings. The van der Waals surface area contributed by atoms with Crippen LogP contribution in [0.1, 0.15) is 19.8 Å². The molecule has 4 aromatic heterocycles. The van der Waals surface area contributed by atoms with Crippen molar-refractivity contribution in [2.45, 2.75) is 26.3 Å². The van der Waals surface area contributed by atoms with E-state index >= 15 is 0 Å². The monoisotopic (exact) mass is 507 g/mol. The van der Waals surface area contributed by atoms with Crippen molar-refractivity contribution in [1.82, 2.24) is 24.5 Å². The number of methoxy groups -OCH3 is 1. The van der Waals surface area contributed by atoms with E-state index in [9.17, 15) is 9.18 Å². The third-order valence-electron chi connectivity index (χ3n) is 5.56. The molecule has 37 heavy (non-hydrogen) atoms. The quantitative estimate of drug-likeness (QED) is 0.206. The molecule has 2 N–H and O–H groups in total. The Kier molecular flexibility index (Phi) is 8.93. The second kappa shape index (κ2) is 12.7. The van der Waals surface area contributed by atoms with Crippen molar-refractivity contribution in [3.8, 4) is 17.0 Å². The molecule has 4 heterocycles. The van der Waals surface area contributed by atoms with Crippen LogP contribution in [-0.2, 0) is 11.3 Å². The van der Waals surface area contributed by atoms with E-state index in [0.717, 1.165) is 17.5 Å². The molecule has 0 aliphatic rings. The van der Waals surface area contributed by atoms with Crippen LogP contribution in [0.4, 0.5) is 16.0 Å². The molecule has 0 aliphatic carbocycles. The van der Waals surface area contributed by atoms with Crippen LogP contribution in [-0.4, -0.2) is 57.9 Å². The van der Waals surface area contributed by atoms with E-state index in [1.807, 2.05) is 19.1 Å². The first-order chi connectivity index (χ1) is 18.1. The average Bonchev–Trinajstić information content (AvgIpc) is 2.92. The number of anilines is 2. The predicted octanol–water partition coefficient (Wildman–Crippen LogP) is 3.74. The van der Waals surface area contributed by atoms with Crippen molar-refractivity contribution >= 4 is 22.8 Å². The van der Waals surface area contributed by atoms with Crippen molar-refractivity contribution < 1.29 is 13.9 Å².